The summed E-state index contributed by atoms with van der Waals surface area (Å²) in [7, 11) is -2.06. The van der Waals surface area contributed by atoms with E-state index < -0.39 is 7.26 Å². The van der Waals surface area contributed by atoms with Gasteiger partial charge in [0.25, 0.3) is 0 Å². The van der Waals surface area contributed by atoms with Crippen LogP contribution in [0.3, 0.4) is 0 Å². The summed E-state index contributed by atoms with van der Waals surface area (Å²) in [5.41, 5.74) is 1.90. The van der Waals surface area contributed by atoms with Crippen molar-refractivity contribution in [2.75, 3.05) is 12.8 Å². The first-order valence-electron chi connectivity index (χ1n) is 10.8. The SMILES string of the molecule is CCOc1ccc(/C(C[P+](c2ccccc2)(c2ccccc2)c2ccccc2)=N\N)cc1. The van der Waals surface area contributed by atoms with Crippen LogP contribution in [0.1, 0.15) is 12.5 Å². The molecule has 0 aliphatic rings. The van der Waals surface area contributed by atoms with Crippen LogP contribution in [0.25, 0.3) is 0 Å². The molecule has 0 aliphatic heterocycles. The zero-order valence-electron chi connectivity index (χ0n) is 18.3. The van der Waals surface area contributed by atoms with E-state index >= 15 is 0 Å². The first-order valence-corrected chi connectivity index (χ1v) is 12.8. The lowest BCUT2D eigenvalue weighted by Crippen LogP contribution is -2.36. The number of hydrogen-bond donors (Lipinski definition) is 1. The Bertz CT molecular complexity index is 1050. The zero-order valence-corrected chi connectivity index (χ0v) is 19.2. The number of rotatable bonds is 8. The van der Waals surface area contributed by atoms with E-state index in [2.05, 4.69) is 96.1 Å². The molecule has 160 valence electrons. The molecule has 0 spiro atoms. The Morgan fingerprint density at radius 2 is 1.12 bits per heavy atom. The van der Waals surface area contributed by atoms with Gasteiger partial charge >= 0.3 is 0 Å². The molecule has 0 radical (unpaired) electrons. The molecule has 0 atom stereocenters. The maximum atomic E-state index is 6.02. The standard InChI is InChI=1S/C28H28N2OP/c1-2-31-24-20-18-23(19-21-24)28(30-29)22-32(25-12-6-3-7-13-25,26-14-8-4-9-15-26)27-16-10-5-11-17-27/h3-21H,2,22,29H2,1H3/q+1/b30-28-. The van der Waals surface area contributed by atoms with Gasteiger partial charge in [0.2, 0.25) is 0 Å². The van der Waals surface area contributed by atoms with Gasteiger partial charge in [-0.1, -0.05) is 54.6 Å². The Labute approximate surface area is 190 Å². The smallest absolute Gasteiger partial charge is 0.119 e. The summed E-state index contributed by atoms with van der Waals surface area (Å²) in [6.45, 7) is 2.63. The van der Waals surface area contributed by atoms with Crippen molar-refractivity contribution in [1.82, 2.24) is 0 Å². The summed E-state index contributed by atoms with van der Waals surface area (Å²) in [5.74, 6) is 6.87. The number of hydrazone groups is 1. The summed E-state index contributed by atoms with van der Waals surface area (Å²) in [6.07, 6.45) is 0.732. The number of nitrogens with two attached hydrogens (primary N) is 1. The molecular formula is C28H28N2OP+. The minimum Gasteiger partial charge on any atom is -0.494 e. The van der Waals surface area contributed by atoms with Crippen molar-refractivity contribution in [3.8, 4) is 5.75 Å². The Kier molecular flexibility index (Phi) is 6.99. The highest BCUT2D eigenvalue weighted by Crippen LogP contribution is 2.55. The van der Waals surface area contributed by atoms with Gasteiger partial charge in [0, 0.05) is 5.56 Å². The average molecular weight is 440 g/mol. The van der Waals surface area contributed by atoms with Crippen LogP contribution in [-0.4, -0.2) is 18.5 Å². The lowest BCUT2D eigenvalue weighted by molar-refractivity contribution is 0.340. The van der Waals surface area contributed by atoms with E-state index in [-0.39, 0.29) is 0 Å². The molecule has 4 aromatic carbocycles. The lowest BCUT2D eigenvalue weighted by Gasteiger charge is -2.28. The van der Waals surface area contributed by atoms with Gasteiger partial charge in [-0.15, -0.1) is 0 Å². The molecule has 0 unspecified atom stereocenters. The van der Waals surface area contributed by atoms with Crippen molar-refractivity contribution >= 4 is 28.9 Å². The zero-order chi connectivity index (χ0) is 22.2. The highest BCUT2D eigenvalue weighted by atomic mass is 31.2. The highest BCUT2D eigenvalue weighted by Gasteiger charge is 2.46. The molecule has 4 rings (SSSR count). The number of nitrogens with zero attached hydrogens (tertiary/aromatic N) is 1. The van der Waals surface area contributed by atoms with Crippen LogP contribution < -0.4 is 26.5 Å². The van der Waals surface area contributed by atoms with E-state index in [9.17, 15) is 0 Å². The second-order valence-corrected chi connectivity index (χ2v) is 11.0. The topological polar surface area (TPSA) is 47.6 Å². The van der Waals surface area contributed by atoms with E-state index in [1.54, 1.807) is 0 Å². The van der Waals surface area contributed by atoms with Crippen LogP contribution in [0.4, 0.5) is 0 Å². The quantitative estimate of drug-likeness (QED) is 0.187. The van der Waals surface area contributed by atoms with Crippen molar-refractivity contribution in [3.63, 3.8) is 0 Å². The second kappa shape index (κ2) is 10.3. The van der Waals surface area contributed by atoms with Crippen molar-refractivity contribution in [3.05, 3.63) is 121 Å². The molecule has 0 bridgehead atoms. The maximum Gasteiger partial charge on any atom is 0.119 e. The molecule has 3 nitrogen and oxygen atoms in total. The fraction of sp³-hybridized carbons (Fsp3) is 0.107. The molecule has 0 saturated carbocycles. The first-order chi connectivity index (χ1) is 15.8. The van der Waals surface area contributed by atoms with Crippen molar-refractivity contribution in [2.24, 2.45) is 10.9 Å². The fourth-order valence-corrected chi connectivity index (χ4v) is 8.31. The molecule has 4 heteroatoms. The largest absolute Gasteiger partial charge is 0.494 e. The average Bonchev–Trinajstić information content (AvgIpc) is 2.87. The molecule has 0 amide bonds. The highest BCUT2D eigenvalue weighted by molar-refractivity contribution is 7.96. The number of benzene rings is 4. The fourth-order valence-electron chi connectivity index (χ4n) is 4.11. The predicted octanol–water partition coefficient (Wildman–Crippen LogP) is 4.74. The summed E-state index contributed by atoms with van der Waals surface area (Å²) >= 11 is 0. The third-order valence-corrected chi connectivity index (χ3v) is 9.95. The maximum absolute atomic E-state index is 6.02. The lowest BCUT2D eigenvalue weighted by atomic mass is 10.1. The van der Waals surface area contributed by atoms with Crippen LogP contribution in [-0.2, 0) is 0 Å². The van der Waals surface area contributed by atoms with Gasteiger partial charge in [-0.25, -0.2) is 0 Å². The van der Waals surface area contributed by atoms with Crippen molar-refractivity contribution < 1.29 is 4.74 Å². The van der Waals surface area contributed by atoms with Crippen molar-refractivity contribution in [2.45, 2.75) is 6.92 Å². The van der Waals surface area contributed by atoms with Gasteiger partial charge in [-0.05, 0) is 67.6 Å². The molecule has 2 N–H and O–H groups in total. The Morgan fingerprint density at radius 3 is 1.50 bits per heavy atom. The second-order valence-electron chi connectivity index (χ2n) is 7.51. The normalized spacial score (nSPS) is 11.8. The van der Waals surface area contributed by atoms with Crippen LogP contribution in [0, 0.1) is 0 Å². The molecule has 0 saturated heterocycles. The van der Waals surface area contributed by atoms with E-state index in [0.717, 1.165) is 23.2 Å². The third kappa shape index (κ3) is 4.44. The number of hydrogen-bond acceptors (Lipinski definition) is 3. The van der Waals surface area contributed by atoms with Crippen LogP contribution in [0.5, 0.6) is 5.75 Å². The van der Waals surface area contributed by atoms with E-state index in [1.165, 1.54) is 15.9 Å². The van der Waals surface area contributed by atoms with Gasteiger partial charge in [0.15, 0.2) is 0 Å². The summed E-state index contributed by atoms with van der Waals surface area (Å²) in [4.78, 5) is 0. The monoisotopic (exact) mass is 439 g/mol. The molecule has 0 aliphatic carbocycles. The van der Waals surface area contributed by atoms with Gasteiger partial charge in [-0.3, -0.25) is 0 Å². The molecule has 0 heterocycles. The Hall–Kier alpha value is -3.42. The Balaban J connectivity index is 1.89. The minimum absolute atomic E-state index is 0.641. The van der Waals surface area contributed by atoms with Crippen LogP contribution in [0.2, 0.25) is 0 Å². The van der Waals surface area contributed by atoms with Gasteiger partial charge in [0.1, 0.15) is 40.8 Å². The molecule has 0 fully saturated rings. The van der Waals surface area contributed by atoms with Gasteiger partial charge in [0.05, 0.1) is 6.61 Å². The third-order valence-electron chi connectivity index (χ3n) is 5.63. The summed E-state index contributed by atoms with van der Waals surface area (Å²) < 4.78 is 5.62. The molecule has 0 aromatic heterocycles. The van der Waals surface area contributed by atoms with Gasteiger partial charge in [-0.2, -0.15) is 5.10 Å². The van der Waals surface area contributed by atoms with Crippen LogP contribution >= 0.6 is 7.26 Å². The molecule has 4 aromatic rings. The predicted molar refractivity (Wildman–Crippen MR) is 138 cm³/mol. The van der Waals surface area contributed by atoms with E-state index in [1.807, 2.05) is 31.2 Å². The Morgan fingerprint density at radius 1 is 0.688 bits per heavy atom. The number of ether oxygens (including phenoxy) is 1. The summed E-state index contributed by atoms with van der Waals surface area (Å²) in [5, 5.41) is 8.23. The minimum atomic E-state index is -2.06. The van der Waals surface area contributed by atoms with Crippen molar-refractivity contribution in [1.29, 1.82) is 0 Å². The van der Waals surface area contributed by atoms with Gasteiger partial charge < -0.3 is 10.6 Å². The van der Waals surface area contributed by atoms with Crippen LogP contribution in [0.15, 0.2) is 120 Å². The molecular weight excluding hydrogens is 411 g/mol. The molecule has 32 heavy (non-hydrogen) atoms. The first kappa shape index (κ1) is 21.8. The van der Waals surface area contributed by atoms with E-state index in [4.69, 9.17) is 10.6 Å². The summed E-state index contributed by atoms with van der Waals surface area (Å²) in [6, 6.07) is 40.4. The van der Waals surface area contributed by atoms with E-state index in [0.29, 0.717) is 6.61 Å².